The number of anilines is 1. The molecule has 0 spiro atoms. The van der Waals surface area contributed by atoms with Gasteiger partial charge in [-0.05, 0) is 54.1 Å². The van der Waals surface area contributed by atoms with E-state index in [0.29, 0.717) is 11.5 Å². The molecule has 32 heavy (non-hydrogen) atoms. The number of sulfonamides is 1. The highest BCUT2D eigenvalue weighted by atomic mass is 32.2. The smallest absolute Gasteiger partial charge is 0.258 e. The number of amides is 1. The van der Waals surface area contributed by atoms with Crippen LogP contribution in [-0.4, -0.2) is 39.5 Å². The van der Waals surface area contributed by atoms with Gasteiger partial charge in [-0.2, -0.15) is 0 Å². The fraction of sp³-hybridized carbons (Fsp3) is 0.174. The van der Waals surface area contributed by atoms with E-state index >= 15 is 0 Å². The van der Waals surface area contributed by atoms with Crippen LogP contribution >= 0.6 is 0 Å². The highest BCUT2D eigenvalue weighted by molar-refractivity contribution is 7.89. The number of hydrogen-bond donors (Lipinski definition) is 0. The number of nitrogens with zero attached hydrogens (tertiary/aromatic N) is 2. The minimum atomic E-state index is -3.63. The number of benzene rings is 3. The topological polar surface area (TPSA) is 76.2 Å². The maximum atomic E-state index is 14.6. The normalized spacial score (nSPS) is 12.8. The van der Waals surface area contributed by atoms with Crippen LogP contribution < -0.4 is 14.4 Å². The maximum absolute atomic E-state index is 14.6. The summed E-state index contributed by atoms with van der Waals surface area (Å²) in [6, 6.07) is 16.8. The first-order valence-corrected chi connectivity index (χ1v) is 11.2. The lowest BCUT2D eigenvalue weighted by Gasteiger charge is -2.24. The minimum Gasteiger partial charge on any atom is -0.454 e. The molecule has 9 heteroatoms. The number of ether oxygens (including phenoxy) is 2. The van der Waals surface area contributed by atoms with Crippen molar-refractivity contribution in [2.75, 3.05) is 25.8 Å². The Morgan fingerprint density at radius 1 is 0.969 bits per heavy atom. The summed E-state index contributed by atoms with van der Waals surface area (Å²) in [6.07, 6.45) is 0. The van der Waals surface area contributed by atoms with Crippen molar-refractivity contribution < 1.29 is 27.1 Å². The summed E-state index contributed by atoms with van der Waals surface area (Å²) in [6.45, 7) is 0.200. The summed E-state index contributed by atoms with van der Waals surface area (Å²) in [4.78, 5) is 14.7. The van der Waals surface area contributed by atoms with Gasteiger partial charge in [-0.15, -0.1) is 0 Å². The van der Waals surface area contributed by atoms with Crippen molar-refractivity contribution in [3.05, 3.63) is 83.7 Å². The van der Waals surface area contributed by atoms with Crippen LogP contribution in [0.15, 0.2) is 71.6 Å². The van der Waals surface area contributed by atoms with Gasteiger partial charge in [0.15, 0.2) is 11.5 Å². The van der Waals surface area contributed by atoms with Crippen molar-refractivity contribution in [3.63, 3.8) is 0 Å². The molecule has 0 radical (unpaired) electrons. The lowest BCUT2D eigenvalue weighted by molar-refractivity contribution is 0.0984. The fourth-order valence-corrected chi connectivity index (χ4v) is 4.20. The van der Waals surface area contributed by atoms with Gasteiger partial charge in [0.2, 0.25) is 16.8 Å². The summed E-state index contributed by atoms with van der Waals surface area (Å²) in [5, 5.41) is 0. The fourth-order valence-electron chi connectivity index (χ4n) is 3.30. The van der Waals surface area contributed by atoms with Crippen molar-refractivity contribution >= 4 is 21.6 Å². The molecular weight excluding hydrogens is 435 g/mol. The van der Waals surface area contributed by atoms with E-state index in [1.54, 1.807) is 30.3 Å². The van der Waals surface area contributed by atoms with Gasteiger partial charge in [0, 0.05) is 19.7 Å². The number of carbonyl (C=O) groups is 1. The molecule has 0 saturated heterocycles. The lowest BCUT2D eigenvalue weighted by atomic mass is 10.1. The van der Waals surface area contributed by atoms with Gasteiger partial charge < -0.3 is 14.4 Å². The van der Waals surface area contributed by atoms with Crippen molar-refractivity contribution in [2.45, 2.75) is 11.4 Å². The van der Waals surface area contributed by atoms with Crippen LogP contribution in [0.5, 0.6) is 11.5 Å². The number of rotatable bonds is 6. The molecule has 0 fully saturated rings. The Kier molecular flexibility index (Phi) is 5.86. The van der Waals surface area contributed by atoms with E-state index in [2.05, 4.69) is 0 Å². The van der Waals surface area contributed by atoms with Gasteiger partial charge in [0.05, 0.1) is 17.1 Å². The molecule has 1 aliphatic rings. The molecule has 0 bridgehead atoms. The zero-order chi connectivity index (χ0) is 22.9. The van der Waals surface area contributed by atoms with E-state index in [-0.39, 0.29) is 29.5 Å². The van der Waals surface area contributed by atoms with Gasteiger partial charge in [-0.25, -0.2) is 17.1 Å². The Balaban J connectivity index is 1.68. The van der Waals surface area contributed by atoms with Crippen LogP contribution in [0.2, 0.25) is 0 Å². The number of fused-ring (bicyclic) bond motifs is 1. The van der Waals surface area contributed by atoms with Crippen LogP contribution in [0.1, 0.15) is 15.9 Å². The van der Waals surface area contributed by atoms with Gasteiger partial charge in [-0.1, -0.05) is 18.2 Å². The number of para-hydroxylation sites is 1. The molecular formula is C23H21FN2O5S. The zero-order valence-electron chi connectivity index (χ0n) is 17.5. The van der Waals surface area contributed by atoms with Crippen molar-refractivity contribution in [3.8, 4) is 11.5 Å². The molecule has 166 valence electrons. The van der Waals surface area contributed by atoms with Gasteiger partial charge in [-0.3, -0.25) is 4.79 Å². The van der Waals surface area contributed by atoms with Crippen LogP contribution in [0, 0.1) is 5.82 Å². The summed E-state index contributed by atoms with van der Waals surface area (Å²) in [5.74, 6) is 0.145. The summed E-state index contributed by atoms with van der Waals surface area (Å²) in [7, 11) is -0.770. The lowest BCUT2D eigenvalue weighted by Crippen LogP contribution is -2.31. The second kappa shape index (κ2) is 8.60. The van der Waals surface area contributed by atoms with Crippen molar-refractivity contribution in [2.24, 2.45) is 0 Å². The summed E-state index contributed by atoms with van der Waals surface area (Å²) >= 11 is 0. The van der Waals surface area contributed by atoms with Gasteiger partial charge in [0.25, 0.3) is 5.91 Å². The Morgan fingerprint density at radius 2 is 1.66 bits per heavy atom. The second-order valence-corrected chi connectivity index (χ2v) is 9.49. The first-order valence-electron chi connectivity index (χ1n) is 9.75. The standard InChI is InChI=1S/C23H21FN2O5S/c1-25(2)32(28,29)18-10-8-17(9-11-18)23(27)26(20-6-4-3-5-19(20)24)14-16-7-12-21-22(13-16)31-15-30-21/h3-13H,14-15H2,1-2H3. The molecule has 0 atom stereocenters. The molecule has 0 unspecified atom stereocenters. The van der Waals surface area contributed by atoms with Gasteiger partial charge >= 0.3 is 0 Å². The molecule has 3 aromatic rings. The zero-order valence-corrected chi connectivity index (χ0v) is 18.3. The second-order valence-electron chi connectivity index (χ2n) is 7.34. The molecule has 0 saturated carbocycles. The van der Waals surface area contributed by atoms with Crippen LogP contribution in [0.3, 0.4) is 0 Å². The predicted octanol–water partition coefficient (Wildman–Crippen LogP) is 3.65. The Labute approximate surface area is 185 Å². The summed E-state index contributed by atoms with van der Waals surface area (Å²) in [5.41, 5.74) is 1.06. The third-order valence-electron chi connectivity index (χ3n) is 5.05. The van der Waals surface area contributed by atoms with Crippen LogP contribution in [0.4, 0.5) is 10.1 Å². The third-order valence-corrected chi connectivity index (χ3v) is 6.88. The first kappa shape index (κ1) is 21.8. The molecule has 0 N–H and O–H groups in total. The highest BCUT2D eigenvalue weighted by Crippen LogP contribution is 2.33. The molecule has 1 heterocycles. The molecule has 1 amide bonds. The van der Waals surface area contributed by atoms with Crippen molar-refractivity contribution in [1.82, 2.24) is 4.31 Å². The SMILES string of the molecule is CN(C)S(=O)(=O)c1ccc(C(=O)N(Cc2ccc3c(c2)OCO3)c2ccccc2F)cc1. The molecule has 4 rings (SSSR count). The van der Waals surface area contributed by atoms with Crippen LogP contribution in [-0.2, 0) is 16.6 Å². The predicted molar refractivity (Wildman–Crippen MR) is 117 cm³/mol. The molecule has 0 aliphatic carbocycles. The molecule has 3 aromatic carbocycles. The average Bonchev–Trinajstić information content (AvgIpc) is 3.25. The third kappa shape index (κ3) is 4.17. The largest absolute Gasteiger partial charge is 0.454 e. The monoisotopic (exact) mass is 456 g/mol. The van der Waals surface area contributed by atoms with E-state index in [0.717, 1.165) is 9.87 Å². The summed E-state index contributed by atoms with van der Waals surface area (Å²) < 4.78 is 51.0. The molecule has 0 aromatic heterocycles. The van der Waals surface area contributed by atoms with E-state index in [1.165, 1.54) is 55.4 Å². The first-order chi connectivity index (χ1) is 15.3. The van der Waals surface area contributed by atoms with Gasteiger partial charge in [0.1, 0.15) is 5.82 Å². The minimum absolute atomic E-state index is 0.0623. The quantitative estimate of drug-likeness (QED) is 0.566. The Bertz CT molecular complexity index is 1260. The maximum Gasteiger partial charge on any atom is 0.258 e. The van der Waals surface area contributed by atoms with E-state index in [9.17, 15) is 17.6 Å². The number of hydrogen-bond acceptors (Lipinski definition) is 5. The van der Waals surface area contributed by atoms with Crippen LogP contribution in [0.25, 0.3) is 0 Å². The Hall–Kier alpha value is -3.43. The molecule has 7 nitrogen and oxygen atoms in total. The highest BCUT2D eigenvalue weighted by Gasteiger charge is 2.24. The number of carbonyl (C=O) groups excluding carboxylic acids is 1. The van der Waals surface area contributed by atoms with E-state index in [1.807, 2.05) is 0 Å². The van der Waals surface area contributed by atoms with E-state index < -0.39 is 21.7 Å². The van der Waals surface area contributed by atoms with E-state index in [4.69, 9.17) is 9.47 Å². The average molecular weight is 456 g/mol. The Morgan fingerprint density at radius 3 is 2.34 bits per heavy atom. The number of halogens is 1. The van der Waals surface area contributed by atoms with Crippen molar-refractivity contribution in [1.29, 1.82) is 0 Å². The molecule has 1 aliphatic heterocycles.